The van der Waals surface area contributed by atoms with Crippen LogP contribution in [0.4, 0.5) is 0 Å². The van der Waals surface area contributed by atoms with Gasteiger partial charge in [-0.1, -0.05) is 53.7 Å². The average Bonchev–Trinajstić information content (AvgIpc) is 2.75. The fraction of sp³-hybridized carbons (Fsp3) is 0.423. The van der Waals surface area contributed by atoms with Crippen molar-refractivity contribution < 1.29 is 0 Å². The lowest BCUT2D eigenvalue weighted by Crippen LogP contribution is -1.93. The summed E-state index contributed by atoms with van der Waals surface area (Å²) in [7, 11) is 0. The highest BCUT2D eigenvalue weighted by Crippen LogP contribution is 2.12. The molecule has 164 valence electrons. The Labute approximate surface area is 187 Å². The zero-order chi connectivity index (χ0) is 23.4. The van der Waals surface area contributed by atoms with Crippen LogP contribution in [-0.4, -0.2) is 19.9 Å². The molecule has 0 saturated carbocycles. The number of aryl methyl sites for hydroxylation is 2. The van der Waals surface area contributed by atoms with E-state index in [1.54, 1.807) is 18.5 Å². The molecule has 0 saturated heterocycles. The Balaban J connectivity index is 0.000000233. The molecule has 0 atom stereocenters. The summed E-state index contributed by atoms with van der Waals surface area (Å²) >= 11 is 0. The van der Waals surface area contributed by atoms with Crippen molar-refractivity contribution in [1.82, 2.24) is 19.9 Å². The van der Waals surface area contributed by atoms with Crippen LogP contribution < -0.4 is 0 Å². The third-order valence-electron chi connectivity index (χ3n) is 4.49. The van der Waals surface area contributed by atoms with Crippen LogP contribution in [0, 0.1) is 25.2 Å². The van der Waals surface area contributed by atoms with E-state index in [9.17, 15) is 0 Å². The second-order valence-electron chi connectivity index (χ2n) is 8.40. The van der Waals surface area contributed by atoms with Gasteiger partial charge in [0.1, 0.15) is 11.8 Å². The first kappa shape index (κ1) is 25.9. The van der Waals surface area contributed by atoms with Crippen molar-refractivity contribution in [3.8, 4) is 6.07 Å². The molecule has 0 amide bonds. The van der Waals surface area contributed by atoms with E-state index in [0.29, 0.717) is 23.4 Å². The molecule has 0 aliphatic carbocycles. The van der Waals surface area contributed by atoms with Crippen LogP contribution in [0.25, 0.3) is 0 Å². The lowest BCUT2D eigenvalue weighted by molar-refractivity contribution is 0.807. The summed E-state index contributed by atoms with van der Waals surface area (Å²) in [5, 5.41) is 8.45. The first-order chi connectivity index (χ1) is 14.6. The van der Waals surface area contributed by atoms with Gasteiger partial charge in [-0.2, -0.15) is 5.26 Å². The van der Waals surface area contributed by atoms with Gasteiger partial charge in [-0.05, 0) is 54.9 Å². The molecule has 31 heavy (non-hydrogen) atoms. The minimum atomic E-state index is 0.480. The smallest absolute Gasteiger partial charge is 0.140 e. The monoisotopic (exact) mass is 417 g/mol. The van der Waals surface area contributed by atoms with Crippen molar-refractivity contribution in [2.45, 2.75) is 73.1 Å². The molecule has 0 fully saturated rings. The van der Waals surface area contributed by atoms with E-state index >= 15 is 0 Å². The highest BCUT2D eigenvalue weighted by Gasteiger charge is 1.99. The lowest BCUT2D eigenvalue weighted by atomic mass is 10.1. The summed E-state index contributed by atoms with van der Waals surface area (Å²) in [6.07, 6.45) is 7.30. The van der Waals surface area contributed by atoms with Crippen LogP contribution in [0.15, 0.2) is 49.1 Å². The molecule has 0 aromatic carbocycles. The minimum Gasteiger partial charge on any atom is -0.261 e. The van der Waals surface area contributed by atoms with Gasteiger partial charge in [0.2, 0.25) is 0 Å². The van der Waals surface area contributed by atoms with Gasteiger partial charge >= 0.3 is 0 Å². The molecular formula is C26H35N5. The van der Waals surface area contributed by atoms with Crippen LogP contribution >= 0.6 is 0 Å². The molecule has 0 radical (unpaired) electrons. The molecule has 5 heteroatoms. The number of hydrogen-bond acceptors (Lipinski definition) is 5. The van der Waals surface area contributed by atoms with E-state index in [1.165, 1.54) is 16.8 Å². The van der Waals surface area contributed by atoms with Crippen molar-refractivity contribution in [3.05, 3.63) is 83.0 Å². The summed E-state index contributed by atoms with van der Waals surface area (Å²) in [6, 6.07) is 9.85. The maximum atomic E-state index is 8.45. The van der Waals surface area contributed by atoms with Gasteiger partial charge in [0, 0.05) is 30.5 Å². The fourth-order valence-electron chi connectivity index (χ4n) is 2.33. The molecule has 0 aliphatic heterocycles. The first-order valence-corrected chi connectivity index (χ1v) is 10.7. The molecule has 3 aromatic heterocycles. The molecule has 0 unspecified atom stereocenters. The maximum Gasteiger partial charge on any atom is 0.140 e. The Kier molecular flexibility index (Phi) is 11.1. The number of aromatic nitrogens is 4. The van der Waals surface area contributed by atoms with Crippen LogP contribution in [0.5, 0.6) is 0 Å². The van der Waals surface area contributed by atoms with Crippen molar-refractivity contribution in [2.24, 2.45) is 0 Å². The van der Waals surface area contributed by atoms with Crippen molar-refractivity contribution in [2.75, 3.05) is 0 Å². The molecule has 0 N–H and O–H groups in total. The molecule has 5 nitrogen and oxygen atoms in total. The zero-order valence-corrected chi connectivity index (χ0v) is 20.1. The van der Waals surface area contributed by atoms with Gasteiger partial charge in [-0.3, -0.25) is 15.0 Å². The molecular weight excluding hydrogens is 382 g/mol. The topological polar surface area (TPSA) is 75.3 Å². The predicted molar refractivity (Wildman–Crippen MR) is 127 cm³/mol. The Bertz CT molecular complexity index is 870. The van der Waals surface area contributed by atoms with Crippen LogP contribution in [0.1, 0.15) is 93.2 Å². The first-order valence-electron chi connectivity index (χ1n) is 10.7. The Morgan fingerprint density at radius 2 is 1.29 bits per heavy atom. The molecule has 3 heterocycles. The van der Waals surface area contributed by atoms with Gasteiger partial charge in [-0.25, -0.2) is 4.98 Å². The Morgan fingerprint density at radius 3 is 1.68 bits per heavy atom. The van der Waals surface area contributed by atoms with Gasteiger partial charge in [0.05, 0.1) is 11.4 Å². The predicted octanol–water partition coefficient (Wildman–Crippen LogP) is 6.50. The summed E-state index contributed by atoms with van der Waals surface area (Å²) in [5.41, 5.74) is 6.09. The molecule has 3 rings (SSSR count). The van der Waals surface area contributed by atoms with E-state index in [1.807, 2.05) is 31.5 Å². The van der Waals surface area contributed by atoms with Crippen LogP contribution in [0.2, 0.25) is 0 Å². The van der Waals surface area contributed by atoms with Crippen molar-refractivity contribution >= 4 is 0 Å². The number of nitriles is 1. The second-order valence-corrected chi connectivity index (χ2v) is 8.40. The summed E-state index contributed by atoms with van der Waals surface area (Å²) in [4.78, 5) is 16.6. The van der Waals surface area contributed by atoms with Crippen molar-refractivity contribution in [1.29, 1.82) is 5.26 Å². The largest absolute Gasteiger partial charge is 0.261 e. The number of hydrogen-bond donors (Lipinski definition) is 0. The normalized spacial score (nSPS) is 10.1. The van der Waals surface area contributed by atoms with Gasteiger partial charge in [0.15, 0.2) is 0 Å². The highest BCUT2D eigenvalue weighted by molar-refractivity contribution is 5.24. The second kappa shape index (κ2) is 13.2. The van der Waals surface area contributed by atoms with E-state index in [0.717, 1.165) is 11.4 Å². The Hall–Kier alpha value is -3.13. The third-order valence-corrected chi connectivity index (χ3v) is 4.49. The average molecular weight is 418 g/mol. The van der Waals surface area contributed by atoms with Gasteiger partial charge in [0.25, 0.3) is 0 Å². The maximum absolute atomic E-state index is 8.45. The molecule has 0 bridgehead atoms. The molecule has 0 aliphatic rings. The number of pyridine rings is 2. The van der Waals surface area contributed by atoms with E-state index in [-0.39, 0.29) is 0 Å². The van der Waals surface area contributed by atoms with E-state index < -0.39 is 0 Å². The summed E-state index contributed by atoms with van der Waals surface area (Å²) in [6.45, 7) is 16.7. The Morgan fingerprint density at radius 1 is 0.645 bits per heavy atom. The number of rotatable bonds is 3. The fourth-order valence-corrected chi connectivity index (χ4v) is 2.33. The zero-order valence-electron chi connectivity index (χ0n) is 20.1. The van der Waals surface area contributed by atoms with Crippen LogP contribution in [0.3, 0.4) is 0 Å². The molecule has 3 aromatic rings. The van der Waals surface area contributed by atoms with Crippen molar-refractivity contribution in [3.63, 3.8) is 0 Å². The summed E-state index contributed by atoms with van der Waals surface area (Å²) < 4.78 is 0. The quantitative estimate of drug-likeness (QED) is 0.486. The standard InChI is InChI=1S/C9H10N2.C9H13N.C8H12N2/c1-7(2)8-3-4-9(5-10)11-6-8;1-7(2)9-5-4-8(3)6-10-9;1-6(2)8-5-9-7(3)4-10-8/h3-4,6-7H,1-2H3;4-7H,1-3H3;4-6H,1-3H3. The van der Waals surface area contributed by atoms with E-state index in [2.05, 4.69) is 80.5 Å². The van der Waals surface area contributed by atoms with E-state index in [4.69, 9.17) is 5.26 Å². The summed E-state index contributed by atoms with van der Waals surface area (Å²) in [5.74, 6) is 1.50. The van der Waals surface area contributed by atoms with Gasteiger partial charge in [-0.15, -0.1) is 0 Å². The van der Waals surface area contributed by atoms with Crippen LogP contribution in [-0.2, 0) is 0 Å². The highest BCUT2D eigenvalue weighted by atomic mass is 14.8. The number of nitrogens with zero attached hydrogens (tertiary/aromatic N) is 5. The lowest BCUT2D eigenvalue weighted by Gasteiger charge is -2.02. The third kappa shape index (κ3) is 9.95. The SMILES string of the molecule is CC(C)c1ccc(C#N)nc1.Cc1ccc(C(C)C)nc1.Cc1cnc(C(C)C)cn1. The minimum absolute atomic E-state index is 0.480. The molecule has 0 spiro atoms. The van der Waals surface area contributed by atoms with Gasteiger partial charge < -0.3 is 0 Å².